The molecule has 0 bridgehead atoms. The highest BCUT2D eigenvalue weighted by Crippen LogP contribution is 2.32. The zero-order chi connectivity index (χ0) is 24.4. The fraction of sp³-hybridized carbons (Fsp3) is 0.375. The number of methoxy groups -OCH3 is 1. The summed E-state index contributed by atoms with van der Waals surface area (Å²) in [6.07, 6.45) is -0.682. The van der Waals surface area contributed by atoms with Gasteiger partial charge in [0.15, 0.2) is 24.5 Å². The van der Waals surface area contributed by atoms with Crippen molar-refractivity contribution in [1.82, 2.24) is 15.3 Å². The number of ether oxygens (including phenoxy) is 4. The van der Waals surface area contributed by atoms with Crippen molar-refractivity contribution >= 4 is 22.6 Å². The number of nitrogens with one attached hydrogen (secondary N) is 2. The Morgan fingerprint density at radius 2 is 2.11 bits per heavy atom. The Morgan fingerprint density at radius 1 is 1.29 bits per heavy atom. The van der Waals surface area contributed by atoms with Crippen LogP contribution < -0.4 is 20.1 Å². The summed E-state index contributed by atoms with van der Waals surface area (Å²) in [6.45, 7) is 1.10. The van der Waals surface area contributed by atoms with Gasteiger partial charge in [-0.2, -0.15) is 0 Å². The Kier molecular flexibility index (Phi) is 6.73. The normalized spacial score (nSPS) is 20.6. The lowest BCUT2D eigenvalue weighted by Crippen LogP contribution is -2.44. The van der Waals surface area contributed by atoms with E-state index in [9.17, 15) is 14.3 Å². The lowest BCUT2D eigenvalue weighted by molar-refractivity contribution is -0.202. The van der Waals surface area contributed by atoms with Gasteiger partial charge in [0.2, 0.25) is 0 Å². The molecular formula is C24H25FN4O6. The van der Waals surface area contributed by atoms with Crippen LogP contribution in [0.15, 0.2) is 36.5 Å². The molecule has 4 heterocycles. The highest BCUT2D eigenvalue weighted by Gasteiger charge is 2.27. The summed E-state index contributed by atoms with van der Waals surface area (Å²) >= 11 is 0. The molecule has 2 aliphatic rings. The summed E-state index contributed by atoms with van der Waals surface area (Å²) in [5.74, 6) is 0.639. The zero-order valence-corrected chi connectivity index (χ0v) is 19.0. The van der Waals surface area contributed by atoms with E-state index in [4.69, 9.17) is 18.9 Å². The van der Waals surface area contributed by atoms with Crippen molar-refractivity contribution in [3.05, 3.63) is 53.6 Å². The second-order valence-corrected chi connectivity index (χ2v) is 8.31. The standard InChI is InChI=1S/C24H25FN4O6/c1-32-15-3-4-18-16(6-15)23(17(25)9-27-18)19(30)7-22-34-10-14(11-35-22)26-8-13-2-5-20-24(28-13)29-21(31)12-33-20/h2-6,9,14,19,22,26,30H,7-8,10-12H2,1H3,(H,28,29,31). The second kappa shape index (κ2) is 10.1. The molecule has 1 saturated heterocycles. The van der Waals surface area contributed by atoms with Gasteiger partial charge >= 0.3 is 0 Å². The van der Waals surface area contributed by atoms with Gasteiger partial charge in [-0.3, -0.25) is 9.78 Å². The summed E-state index contributed by atoms with van der Waals surface area (Å²) < 4.78 is 36.7. The Hall–Kier alpha value is -3.38. The number of halogens is 1. The number of aromatic nitrogens is 2. The van der Waals surface area contributed by atoms with E-state index in [1.54, 1.807) is 24.3 Å². The van der Waals surface area contributed by atoms with Gasteiger partial charge in [-0.15, -0.1) is 0 Å². The largest absolute Gasteiger partial charge is 0.497 e. The minimum absolute atomic E-state index is 0.0168. The molecule has 10 nitrogen and oxygen atoms in total. The van der Waals surface area contributed by atoms with Crippen molar-refractivity contribution in [1.29, 1.82) is 0 Å². The van der Waals surface area contributed by atoms with Crippen molar-refractivity contribution < 1.29 is 33.2 Å². The zero-order valence-electron chi connectivity index (χ0n) is 19.0. The molecule has 11 heteroatoms. The highest BCUT2D eigenvalue weighted by atomic mass is 19.1. The van der Waals surface area contributed by atoms with Crippen molar-refractivity contribution in [3.63, 3.8) is 0 Å². The van der Waals surface area contributed by atoms with E-state index in [0.717, 1.165) is 11.9 Å². The number of pyridine rings is 2. The molecule has 1 aromatic carbocycles. The molecule has 3 aromatic rings. The quantitative estimate of drug-likeness (QED) is 0.462. The summed E-state index contributed by atoms with van der Waals surface area (Å²) in [6, 6.07) is 8.57. The third kappa shape index (κ3) is 5.17. The first kappa shape index (κ1) is 23.4. The third-order valence-corrected chi connectivity index (χ3v) is 5.89. The molecule has 1 fully saturated rings. The number of hydrogen-bond donors (Lipinski definition) is 3. The molecule has 1 amide bonds. The van der Waals surface area contributed by atoms with E-state index in [1.807, 2.05) is 6.07 Å². The molecule has 0 spiro atoms. The number of aliphatic hydroxyl groups excluding tert-OH is 1. The molecular weight excluding hydrogens is 459 g/mol. The maximum atomic E-state index is 14.6. The maximum absolute atomic E-state index is 14.6. The fourth-order valence-electron chi connectivity index (χ4n) is 4.08. The Balaban J connectivity index is 1.16. The third-order valence-electron chi connectivity index (χ3n) is 5.89. The molecule has 0 aliphatic carbocycles. The predicted molar refractivity (Wildman–Crippen MR) is 123 cm³/mol. The fourth-order valence-corrected chi connectivity index (χ4v) is 4.08. The number of benzene rings is 1. The Morgan fingerprint density at radius 3 is 2.91 bits per heavy atom. The number of anilines is 1. The van der Waals surface area contributed by atoms with E-state index in [0.29, 0.717) is 48.0 Å². The van der Waals surface area contributed by atoms with Crippen LogP contribution in [0.5, 0.6) is 11.5 Å². The molecule has 35 heavy (non-hydrogen) atoms. The first-order valence-electron chi connectivity index (χ1n) is 11.2. The van der Waals surface area contributed by atoms with Gasteiger partial charge in [0.05, 0.1) is 49.9 Å². The van der Waals surface area contributed by atoms with Crippen LogP contribution in [0.4, 0.5) is 10.2 Å². The van der Waals surface area contributed by atoms with E-state index in [-0.39, 0.29) is 30.5 Å². The van der Waals surface area contributed by atoms with E-state index >= 15 is 0 Å². The number of nitrogens with zero attached hydrogens (tertiary/aromatic N) is 2. The second-order valence-electron chi connectivity index (χ2n) is 8.31. The summed E-state index contributed by atoms with van der Waals surface area (Å²) in [5, 5.41) is 17.3. The molecule has 1 atom stereocenters. The van der Waals surface area contributed by atoms with Gasteiger partial charge in [-0.05, 0) is 30.3 Å². The van der Waals surface area contributed by atoms with Crippen molar-refractivity contribution in [2.24, 2.45) is 0 Å². The van der Waals surface area contributed by atoms with Gasteiger partial charge in [-0.1, -0.05) is 0 Å². The smallest absolute Gasteiger partial charge is 0.263 e. The van der Waals surface area contributed by atoms with Crippen LogP contribution in [0.1, 0.15) is 23.8 Å². The number of aliphatic hydroxyl groups is 1. The molecule has 5 rings (SSSR count). The van der Waals surface area contributed by atoms with Crippen molar-refractivity contribution in [2.45, 2.75) is 31.4 Å². The molecule has 0 saturated carbocycles. The topological polar surface area (TPSA) is 124 Å². The van der Waals surface area contributed by atoms with Gasteiger partial charge in [0, 0.05) is 23.9 Å². The van der Waals surface area contributed by atoms with Crippen LogP contribution >= 0.6 is 0 Å². The summed E-state index contributed by atoms with van der Waals surface area (Å²) in [5.41, 5.74) is 1.41. The van der Waals surface area contributed by atoms with Crippen molar-refractivity contribution in [3.8, 4) is 11.5 Å². The molecule has 0 radical (unpaired) electrons. The number of amides is 1. The van der Waals surface area contributed by atoms with E-state index in [1.165, 1.54) is 7.11 Å². The van der Waals surface area contributed by atoms with Crippen LogP contribution in [0, 0.1) is 5.82 Å². The monoisotopic (exact) mass is 484 g/mol. The summed E-state index contributed by atoms with van der Waals surface area (Å²) in [4.78, 5) is 20.0. The predicted octanol–water partition coefficient (Wildman–Crippen LogP) is 2.06. The minimum atomic E-state index is -1.15. The highest BCUT2D eigenvalue weighted by molar-refractivity contribution is 5.94. The van der Waals surface area contributed by atoms with Crippen LogP contribution in [-0.2, 0) is 20.8 Å². The number of carbonyl (C=O) groups is 1. The molecule has 3 N–H and O–H groups in total. The lowest BCUT2D eigenvalue weighted by atomic mass is 10.0. The Bertz CT molecular complexity index is 1230. The number of rotatable bonds is 7. The molecule has 2 aromatic heterocycles. The van der Waals surface area contributed by atoms with Crippen LogP contribution in [0.2, 0.25) is 0 Å². The van der Waals surface area contributed by atoms with E-state index in [2.05, 4.69) is 20.6 Å². The van der Waals surface area contributed by atoms with E-state index < -0.39 is 18.2 Å². The van der Waals surface area contributed by atoms with Crippen LogP contribution in [0.3, 0.4) is 0 Å². The summed E-state index contributed by atoms with van der Waals surface area (Å²) in [7, 11) is 1.52. The average molecular weight is 484 g/mol. The van der Waals surface area contributed by atoms with Crippen LogP contribution in [0.25, 0.3) is 10.9 Å². The lowest BCUT2D eigenvalue weighted by Gasteiger charge is -2.31. The minimum Gasteiger partial charge on any atom is -0.497 e. The number of hydrogen-bond acceptors (Lipinski definition) is 9. The van der Waals surface area contributed by atoms with Crippen molar-refractivity contribution in [2.75, 3.05) is 32.2 Å². The van der Waals surface area contributed by atoms with Crippen LogP contribution in [-0.4, -0.2) is 60.2 Å². The SMILES string of the molecule is COc1ccc2ncc(F)c(C(O)CC3OCC(NCc4ccc5c(n4)NC(=O)CO5)CO3)c2c1. The maximum Gasteiger partial charge on any atom is 0.263 e. The van der Waals surface area contributed by atoms with Gasteiger partial charge in [0.1, 0.15) is 11.6 Å². The van der Waals surface area contributed by atoms with Gasteiger partial charge < -0.3 is 34.7 Å². The molecule has 184 valence electrons. The molecule has 2 aliphatic heterocycles. The van der Waals surface area contributed by atoms with Gasteiger partial charge in [0.25, 0.3) is 5.91 Å². The number of fused-ring (bicyclic) bond motifs is 2. The Labute approximate surface area is 200 Å². The first-order valence-corrected chi connectivity index (χ1v) is 11.2. The molecule has 1 unspecified atom stereocenters. The average Bonchev–Trinajstić information content (AvgIpc) is 2.87. The first-order chi connectivity index (χ1) is 17.0. The number of carbonyl (C=O) groups excluding carboxylic acids is 1. The van der Waals surface area contributed by atoms with Gasteiger partial charge in [-0.25, -0.2) is 9.37 Å².